The highest BCUT2D eigenvalue weighted by Crippen LogP contribution is 2.41. The molecule has 1 aromatic heterocycles. The molecule has 0 aliphatic heterocycles. The van der Waals surface area contributed by atoms with Crippen LogP contribution < -0.4 is 18.9 Å². The van der Waals surface area contributed by atoms with Gasteiger partial charge >= 0.3 is 29.8 Å². The number of rotatable bonds is 17. The monoisotopic (exact) mass is 822 g/mol. The van der Waals surface area contributed by atoms with Crippen molar-refractivity contribution in [2.75, 3.05) is 20.0 Å². The van der Waals surface area contributed by atoms with E-state index in [0.29, 0.717) is 32.3 Å². The fraction of sp³-hybridized carbons (Fsp3) is 0.159. The minimum Gasteiger partial charge on any atom is -0.490 e. The van der Waals surface area contributed by atoms with Crippen LogP contribution in [0.25, 0.3) is 20.8 Å². The Morgan fingerprint density at radius 3 is 1.75 bits per heavy atom. The predicted octanol–water partition coefficient (Wildman–Crippen LogP) is 8.45. The molecule has 1 atom stereocenters. The maximum Gasteiger partial charge on any atom is 0.343 e. The number of nitriles is 1. The third-order valence-electron chi connectivity index (χ3n) is 7.37. The first-order chi connectivity index (χ1) is 27.1. The number of hydrogen-bond acceptors (Lipinski definition) is 15. The van der Waals surface area contributed by atoms with Gasteiger partial charge in [0.15, 0.2) is 17.6 Å². The number of nitrogens with zero attached hydrogens (tertiary/aromatic N) is 2. The van der Waals surface area contributed by atoms with Crippen LogP contribution in [0.1, 0.15) is 48.6 Å². The molecule has 4 aromatic carbocycles. The zero-order valence-electron chi connectivity index (χ0n) is 29.3. The van der Waals surface area contributed by atoms with Gasteiger partial charge in [-0.1, -0.05) is 54.1 Å². The first-order valence-electron chi connectivity index (χ1n) is 16.4. The van der Waals surface area contributed by atoms with Gasteiger partial charge in [-0.05, 0) is 72.8 Å². The Hall–Kier alpha value is -7.57. The molecule has 0 aliphatic rings. The molecule has 0 spiro atoms. The van der Waals surface area contributed by atoms with E-state index in [1.54, 1.807) is 24.3 Å². The van der Waals surface area contributed by atoms with Crippen LogP contribution in [0.4, 0.5) is 0 Å². The molecule has 59 heavy (non-hydrogen) atoms. The van der Waals surface area contributed by atoms with Crippen LogP contribution in [0.2, 0.25) is 0 Å². The van der Waals surface area contributed by atoms with Gasteiger partial charge < -0.3 is 33.2 Å². The van der Waals surface area contributed by atoms with Gasteiger partial charge in [-0.3, -0.25) is 0 Å². The summed E-state index contributed by atoms with van der Waals surface area (Å²) < 4.78 is 37.9. The number of aromatic nitrogens is 1. The van der Waals surface area contributed by atoms with Crippen molar-refractivity contribution in [3.8, 4) is 39.6 Å². The van der Waals surface area contributed by atoms with E-state index in [1.807, 2.05) is 0 Å². The van der Waals surface area contributed by atoms with Crippen LogP contribution in [-0.4, -0.2) is 60.9 Å². The molecule has 0 fully saturated rings. The van der Waals surface area contributed by atoms with Gasteiger partial charge in [0.05, 0.1) is 22.8 Å². The highest BCUT2D eigenvalue weighted by Gasteiger charge is 2.21. The van der Waals surface area contributed by atoms with Gasteiger partial charge in [0.2, 0.25) is 6.79 Å². The fourth-order valence-corrected chi connectivity index (χ4v) is 5.63. The number of carbonyl (C=O) groups is 5. The minimum absolute atomic E-state index is 0. The summed E-state index contributed by atoms with van der Waals surface area (Å²) in [4.78, 5) is 65.7. The molecule has 1 unspecified atom stereocenters. The van der Waals surface area contributed by atoms with E-state index >= 15 is 0 Å². The Morgan fingerprint density at radius 2 is 1.19 bits per heavy atom. The zero-order valence-corrected chi connectivity index (χ0v) is 30.2. The molecule has 0 N–H and O–H groups in total. The Balaban J connectivity index is 0.00000400. The second-order valence-corrected chi connectivity index (χ2v) is 12.1. The van der Waals surface area contributed by atoms with E-state index in [0.717, 1.165) is 18.2 Å². The van der Waals surface area contributed by atoms with E-state index in [-0.39, 0.29) is 70.4 Å². The largest absolute Gasteiger partial charge is 0.490 e. The average Bonchev–Trinajstić information content (AvgIpc) is 3.69. The summed E-state index contributed by atoms with van der Waals surface area (Å²) in [5, 5.41) is 9.74. The lowest BCUT2D eigenvalue weighted by Crippen LogP contribution is -2.30. The van der Waals surface area contributed by atoms with Crippen molar-refractivity contribution in [2.24, 2.45) is 0 Å². The van der Waals surface area contributed by atoms with Crippen molar-refractivity contribution in [3.63, 3.8) is 0 Å². The number of benzene rings is 4. The van der Waals surface area contributed by atoms with Gasteiger partial charge in [0.1, 0.15) is 39.9 Å². The first-order valence-corrected chi connectivity index (χ1v) is 17.2. The van der Waals surface area contributed by atoms with Crippen LogP contribution in [-0.2, 0) is 28.6 Å². The molecule has 5 rings (SSSR count). The maximum absolute atomic E-state index is 13.3. The first kappa shape index (κ1) is 47.6. The number of carbonyl (C=O) groups excluding carboxylic acids is 5. The van der Waals surface area contributed by atoms with Crippen molar-refractivity contribution >= 4 is 51.4 Å². The van der Waals surface area contributed by atoms with Gasteiger partial charge in [0, 0.05) is 23.8 Å². The second-order valence-electron chi connectivity index (χ2n) is 11.1. The Bertz CT molecular complexity index is 2330. The SMILES string of the molecule is C.C.C.C=CC(=O)OCOc1ccc(C(=O)Oc2ccc(OC(=O)c3ccc(OCC(COC(=O)C=C)OC(=O)C=C)cc3)c3nc(-c4ccc(C#N)cc4)sc23)cc1. The Labute approximate surface area is 345 Å². The van der Waals surface area contributed by atoms with Crippen LogP contribution >= 0.6 is 11.3 Å². The molecule has 5 aromatic rings. The van der Waals surface area contributed by atoms with Crippen molar-refractivity contribution in [1.29, 1.82) is 5.26 Å². The Kier molecular flexibility index (Phi) is 18.4. The summed E-state index contributed by atoms with van der Waals surface area (Å²) in [6, 6.07) is 23.6. The van der Waals surface area contributed by atoms with Crippen LogP contribution in [0.5, 0.6) is 23.0 Å². The average molecular weight is 823 g/mol. The van der Waals surface area contributed by atoms with Crippen molar-refractivity contribution in [3.05, 3.63) is 140 Å². The molecule has 0 amide bonds. The van der Waals surface area contributed by atoms with Gasteiger partial charge in [-0.2, -0.15) is 5.26 Å². The standard InChI is InChI=1S/C41H30N2O12S.3CH4/c1-4-34(44)50-23-31(53-36(46)6-3)22-49-29-15-11-27(12-16-29)40(47)54-32-19-20-33(38-37(32)43-39(56-38)26-9-7-25(21-42)8-10-26)55-41(48)28-13-17-30(18-14-28)51-24-52-35(45)5-2;;;/h4-20,31H,1-3,22-24H2;3*1H4. The molecule has 14 nitrogen and oxygen atoms in total. The lowest BCUT2D eigenvalue weighted by atomic mass is 10.1. The molecule has 0 saturated heterocycles. The molecule has 306 valence electrons. The lowest BCUT2D eigenvalue weighted by molar-refractivity contribution is -0.154. The Morgan fingerprint density at radius 1 is 0.661 bits per heavy atom. The predicted molar refractivity (Wildman–Crippen MR) is 221 cm³/mol. The molecular formula is C44H42N2O12S. The molecule has 1 heterocycles. The fourth-order valence-electron chi connectivity index (χ4n) is 4.59. The summed E-state index contributed by atoms with van der Waals surface area (Å²) in [5.74, 6) is -2.62. The van der Waals surface area contributed by atoms with Gasteiger partial charge in [0.25, 0.3) is 0 Å². The van der Waals surface area contributed by atoms with E-state index in [4.69, 9.17) is 38.1 Å². The smallest absolute Gasteiger partial charge is 0.343 e. The molecular weight excluding hydrogens is 781 g/mol. The van der Waals surface area contributed by atoms with E-state index in [9.17, 15) is 29.2 Å². The third kappa shape index (κ3) is 13.0. The molecule has 0 saturated carbocycles. The van der Waals surface area contributed by atoms with Crippen molar-refractivity contribution < 1.29 is 57.1 Å². The number of esters is 5. The minimum atomic E-state index is -0.951. The summed E-state index contributed by atoms with van der Waals surface area (Å²) in [7, 11) is 0. The summed E-state index contributed by atoms with van der Waals surface area (Å²) >= 11 is 1.18. The third-order valence-corrected chi connectivity index (χ3v) is 8.49. The van der Waals surface area contributed by atoms with E-state index in [2.05, 4.69) is 25.8 Å². The molecule has 0 radical (unpaired) electrons. The quantitative estimate of drug-likeness (QED) is 0.0286. The number of ether oxygens (including phenoxy) is 7. The summed E-state index contributed by atoms with van der Waals surface area (Å²) in [5.41, 5.74) is 1.71. The van der Waals surface area contributed by atoms with E-state index in [1.165, 1.54) is 72.0 Å². The summed E-state index contributed by atoms with van der Waals surface area (Å²) in [6.45, 7) is 9.17. The van der Waals surface area contributed by atoms with Crippen molar-refractivity contribution in [2.45, 2.75) is 28.4 Å². The highest BCUT2D eigenvalue weighted by atomic mass is 32.1. The van der Waals surface area contributed by atoms with Gasteiger partial charge in [-0.15, -0.1) is 11.3 Å². The van der Waals surface area contributed by atoms with Gasteiger partial charge in [-0.25, -0.2) is 29.0 Å². The number of thiazole rings is 1. The normalized spacial score (nSPS) is 10.3. The van der Waals surface area contributed by atoms with Crippen LogP contribution in [0, 0.1) is 11.3 Å². The molecule has 15 heteroatoms. The molecule has 0 bridgehead atoms. The van der Waals surface area contributed by atoms with Crippen molar-refractivity contribution in [1.82, 2.24) is 4.98 Å². The molecule has 0 aliphatic carbocycles. The lowest BCUT2D eigenvalue weighted by Gasteiger charge is -2.17. The number of fused-ring (bicyclic) bond motifs is 1. The highest BCUT2D eigenvalue weighted by molar-refractivity contribution is 7.22. The summed E-state index contributed by atoms with van der Waals surface area (Å²) in [6.07, 6.45) is 1.99. The topological polar surface area (TPSA) is 187 Å². The van der Waals surface area contributed by atoms with Crippen LogP contribution in [0.3, 0.4) is 0 Å². The van der Waals surface area contributed by atoms with E-state index < -0.39 is 36.0 Å². The number of hydrogen-bond donors (Lipinski definition) is 0. The second kappa shape index (κ2) is 22.9. The van der Waals surface area contributed by atoms with Crippen LogP contribution in [0.15, 0.2) is 123 Å². The zero-order chi connectivity index (χ0) is 40.0. The maximum atomic E-state index is 13.3.